The first-order valence-corrected chi connectivity index (χ1v) is 3.91. The number of hydrogen-bond donors (Lipinski definition) is 0. The summed E-state index contributed by atoms with van der Waals surface area (Å²) in [5.41, 5.74) is 2.08. The molecule has 1 aromatic carbocycles. The lowest BCUT2D eigenvalue weighted by Gasteiger charge is -2.19. The minimum atomic E-state index is -0.300. The van der Waals surface area contributed by atoms with Gasteiger partial charge in [-0.3, -0.25) is 0 Å². The van der Waals surface area contributed by atoms with Crippen molar-refractivity contribution >= 4 is 6.08 Å². The van der Waals surface area contributed by atoms with Gasteiger partial charge in [-0.25, -0.2) is 5.11 Å². The summed E-state index contributed by atoms with van der Waals surface area (Å²) in [6, 6.07) is 7.79. The molecule has 1 unspecified atom stereocenters. The highest BCUT2D eigenvalue weighted by Crippen LogP contribution is 2.26. The van der Waals surface area contributed by atoms with Crippen molar-refractivity contribution in [2.45, 2.75) is 6.10 Å². The average Bonchev–Trinajstić information content (AvgIpc) is 2.17. The van der Waals surface area contributed by atoms with E-state index in [2.05, 4.69) is 0 Å². The fraction of sp³-hybridized carbons (Fsp3) is 0.200. The number of fused-ring (bicyclic) bond motifs is 1. The van der Waals surface area contributed by atoms with E-state index in [-0.39, 0.29) is 12.7 Å². The maximum atomic E-state index is 10.7. The highest BCUT2D eigenvalue weighted by atomic mass is 16.5. The van der Waals surface area contributed by atoms with Crippen LogP contribution in [-0.2, 0) is 9.84 Å². The summed E-state index contributed by atoms with van der Waals surface area (Å²) >= 11 is 0. The summed E-state index contributed by atoms with van der Waals surface area (Å²) in [6.07, 6.45) is 3.16. The minimum absolute atomic E-state index is 0.221. The molecular formula is C10H9O2. The van der Waals surface area contributed by atoms with E-state index >= 15 is 0 Å². The second-order valence-electron chi connectivity index (χ2n) is 2.72. The highest BCUT2D eigenvalue weighted by molar-refractivity contribution is 5.55. The van der Waals surface area contributed by atoms with Gasteiger partial charge in [0.2, 0.25) is 0 Å². The standard InChI is InChI=1S/C10H9O2/c11-7-10-9-4-2-1-3-8(9)5-6-12-10/h1-6,10H,7H2. The van der Waals surface area contributed by atoms with Crippen LogP contribution in [0, 0.1) is 0 Å². The number of ether oxygens (including phenoxy) is 1. The molecule has 2 nitrogen and oxygen atoms in total. The van der Waals surface area contributed by atoms with Crippen molar-refractivity contribution < 1.29 is 9.84 Å². The molecule has 1 aromatic rings. The molecule has 0 aliphatic carbocycles. The third-order valence-electron chi connectivity index (χ3n) is 1.98. The van der Waals surface area contributed by atoms with Gasteiger partial charge in [0, 0.05) is 5.56 Å². The number of hydrogen-bond acceptors (Lipinski definition) is 1. The Hall–Kier alpha value is -1.28. The molecular weight excluding hydrogens is 152 g/mol. The minimum Gasteiger partial charge on any atom is -0.491 e. The quantitative estimate of drug-likeness (QED) is 0.620. The predicted molar refractivity (Wildman–Crippen MR) is 44.9 cm³/mol. The fourth-order valence-electron chi connectivity index (χ4n) is 1.37. The summed E-state index contributed by atoms with van der Waals surface area (Å²) in [4.78, 5) is 0. The van der Waals surface area contributed by atoms with Crippen LogP contribution in [0.1, 0.15) is 17.2 Å². The molecule has 0 aromatic heterocycles. The van der Waals surface area contributed by atoms with Crippen LogP contribution in [0.15, 0.2) is 30.5 Å². The zero-order chi connectivity index (χ0) is 8.39. The molecule has 0 spiro atoms. The van der Waals surface area contributed by atoms with Gasteiger partial charge >= 0.3 is 0 Å². The Morgan fingerprint density at radius 2 is 2.17 bits per heavy atom. The van der Waals surface area contributed by atoms with Crippen molar-refractivity contribution in [2.75, 3.05) is 6.61 Å². The van der Waals surface area contributed by atoms with Crippen molar-refractivity contribution in [3.05, 3.63) is 41.7 Å². The largest absolute Gasteiger partial charge is 0.491 e. The van der Waals surface area contributed by atoms with Gasteiger partial charge in [0.25, 0.3) is 0 Å². The van der Waals surface area contributed by atoms with E-state index in [1.54, 1.807) is 6.26 Å². The molecule has 0 fully saturated rings. The van der Waals surface area contributed by atoms with Crippen molar-refractivity contribution in [2.24, 2.45) is 0 Å². The molecule has 1 atom stereocenters. The lowest BCUT2D eigenvalue weighted by atomic mass is 10.0. The van der Waals surface area contributed by atoms with Crippen molar-refractivity contribution in [3.63, 3.8) is 0 Å². The lowest BCUT2D eigenvalue weighted by Crippen LogP contribution is -2.09. The summed E-state index contributed by atoms with van der Waals surface area (Å²) in [5, 5.41) is 10.7. The zero-order valence-corrected chi connectivity index (χ0v) is 6.57. The molecule has 61 valence electrons. The maximum absolute atomic E-state index is 10.7. The average molecular weight is 161 g/mol. The topological polar surface area (TPSA) is 29.1 Å². The first-order valence-electron chi connectivity index (χ1n) is 3.91. The number of rotatable bonds is 1. The number of benzene rings is 1. The molecule has 2 heteroatoms. The summed E-state index contributed by atoms with van der Waals surface area (Å²) in [5.74, 6) is 0. The smallest absolute Gasteiger partial charge is 0.150 e. The van der Waals surface area contributed by atoms with Crippen molar-refractivity contribution in [1.82, 2.24) is 0 Å². The summed E-state index contributed by atoms with van der Waals surface area (Å²) < 4.78 is 5.16. The van der Waals surface area contributed by atoms with Gasteiger partial charge < -0.3 is 4.74 Å². The van der Waals surface area contributed by atoms with Crippen LogP contribution < -0.4 is 0 Å². The van der Waals surface area contributed by atoms with Crippen LogP contribution in [0.4, 0.5) is 0 Å². The molecule has 0 N–H and O–H groups in total. The Bertz CT molecular complexity index is 304. The SMILES string of the molecule is [O]CC1OC=Cc2ccccc21. The molecule has 0 saturated heterocycles. The molecule has 0 saturated carbocycles. The Kier molecular flexibility index (Phi) is 1.84. The van der Waals surface area contributed by atoms with Crippen LogP contribution in [-0.4, -0.2) is 6.61 Å². The van der Waals surface area contributed by atoms with Crippen molar-refractivity contribution in [3.8, 4) is 0 Å². The van der Waals surface area contributed by atoms with Gasteiger partial charge in [-0.1, -0.05) is 24.3 Å². The van der Waals surface area contributed by atoms with E-state index in [4.69, 9.17) is 4.74 Å². The van der Waals surface area contributed by atoms with Crippen LogP contribution in [0.25, 0.3) is 6.08 Å². The van der Waals surface area contributed by atoms with E-state index in [9.17, 15) is 5.11 Å². The third-order valence-corrected chi connectivity index (χ3v) is 1.98. The molecule has 1 aliphatic heterocycles. The Labute approximate surface area is 71.1 Å². The Balaban J connectivity index is 2.45. The predicted octanol–water partition coefficient (Wildman–Crippen LogP) is 2.16. The lowest BCUT2D eigenvalue weighted by molar-refractivity contribution is 0.0410. The molecule has 1 radical (unpaired) electrons. The normalized spacial score (nSPS) is 19.9. The second kappa shape index (κ2) is 2.99. The first-order chi connectivity index (χ1) is 5.92. The van der Waals surface area contributed by atoms with E-state index in [0.29, 0.717) is 0 Å². The summed E-state index contributed by atoms with van der Waals surface area (Å²) in [6.45, 7) is -0.221. The van der Waals surface area contributed by atoms with E-state index in [0.717, 1.165) is 11.1 Å². The third kappa shape index (κ3) is 1.10. The second-order valence-corrected chi connectivity index (χ2v) is 2.72. The molecule has 12 heavy (non-hydrogen) atoms. The molecule has 0 amide bonds. The van der Waals surface area contributed by atoms with Gasteiger partial charge in [0.1, 0.15) is 12.7 Å². The Morgan fingerprint density at radius 3 is 3.00 bits per heavy atom. The van der Waals surface area contributed by atoms with Crippen LogP contribution in [0.3, 0.4) is 0 Å². The first kappa shape index (κ1) is 7.37. The van der Waals surface area contributed by atoms with Crippen LogP contribution in [0.5, 0.6) is 0 Å². The van der Waals surface area contributed by atoms with Gasteiger partial charge in [0.05, 0.1) is 6.26 Å². The van der Waals surface area contributed by atoms with E-state index in [1.165, 1.54) is 0 Å². The van der Waals surface area contributed by atoms with Gasteiger partial charge in [-0.05, 0) is 11.6 Å². The molecule has 1 heterocycles. The van der Waals surface area contributed by atoms with Crippen molar-refractivity contribution in [1.29, 1.82) is 0 Å². The van der Waals surface area contributed by atoms with Gasteiger partial charge in [-0.15, -0.1) is 0 Å². The van der Waals surface area contributed by atoms with E-state index in [1.807, 2.05) is 30.3 Å². The fourth-order valence-corrected chi connectivity index (χ4v) is 1.37. The van der Waals surface area contributed by atoms with Crippen LogP contribution in [0.2, 0.25) is 0 Å². The molecule has 0 bridgehead atoms. The zero-order valence-electron chi connectivity index (χ0n) is 6.57. The molecule has 2 rings (SSSR count). The Morgan fingerprint density at radius 1 is 1.33 bits per heavy atom. The van der Waals surface area contributed by atoms with Gasteiger partial charge in [0.15, 0.2) is 0 Å². The van der Waals surface area contributed by atoms with Gasteiger partial charge in [-0.2, -0.15) is 0 Å². The van der Waals surface area contributed by atoms with Crippen LogP contribution >= 0.6 is 0 Å². The monoisotopic (exact) mass is 161 g/mol. The van der Waals surface area contributed by atoms with E-state index < -0.39 is 0 Å². The highest BCUT2D eigenvalue weighted by Gasteiger charge is 2.16. The summed E-state index contributed by atoms with van der Waals surface area (Å²) in [7, 11) is 0. The maximum Gasteiger partial charge on any atom is 0.150 e. The molecule has 1 aliphatic rings.